The number of carbonyl (C=O) groups is 2. The molecule has 1 aromatic carbocycles. The number of hydrogen-bond donors (Lipinski definition) is 3. The number of nitrogens with one attached hydrogen (secondary N) is 3. The highest BCUT2D eigenvalue weighted by molar-refractivity contribution is 6.31. The van der Waals surface area contributed by atoms with E-state index in [1.165, 1.54) is 12.1 Å². The van der Waals surface area contributed by atoms with E-state index in [1.54, 1.807) is 6.07 Å². The summed E-state index contributed by atoms with van der Waals surface area (Å²) in [4.78, 5) is 22.8. The van der Waals surface area contributed by atoms with Gasteiger partial charge in [0.15, 0.2) is 5.82 Å². The zero-order chi connectivity index (χ0) is 15.1. The molecule has 1 rings (SSSR count). The quantitative estimate of drug-likeness (QED) is 0.782. The maximum atomic E-state index is 13.5. The van der Waals surface area contributed by atoms with Crippen LogP contribution < -0.4 is 16.0 Å². The van der Waals surface area contributed by atoms with Crippen molar-refractivity contribution in [3.05, 3.63) is 29.0 Å². The first kappa shape index (κ1) is 16.2. The van der Waals surface area contributed by atoms with Crippen molar-refractivity contribution >= 4 is 29.2 Å². The maximum Gasteiger partial charge on any atom is 0.321 e. The standard InChI is InChI=1S/C13H17ClFN3O2/c1-8(2)6-17-13(20)18-11(19)7-16-10-5-3-4-9(14)12(10)15/h3-5,8,16H,6-7H2,1-2H3,(H2,17,18,19,20). The zero-order valence-electron chi connectivity index (χ0n) is 11.3. The summed E-state index contributed by atoms with van der Waals surface area (Å²) in [5.41, 5.74) is 0.107. The van der Waals surface area contributed by atoms with Crippen LogP contribution in [0.4, 0.5) is 14.9 Å². The molecule has 0 saturated carbocycles. The summed E-state index contributed by atoms with van der Waals surface area (Å²) < 4.78 is 13.5. The Hall–Kier alpha value is -1.82. The first-order chi connectivity index (χ1) is 9.40. The minimum Gasteiger partial charge on any atom is -0.374 e. The predicted molar refractivity (Wildman–Crippen MR) is 76.3 cm³/mol. The van der Waals surface area contributed by atoms with Gasteiger partial charge in [0.2, 0.25) is 5.91 Å². The Balaban J connectivity index is 2.40. The molecule has 3 amide bonds. The summed E-state index contributed by atoms with van der Waals surface area (Å²) in [6.07, 6.45) is 0. The topological polar surface area (TPSA) is 70.2 Å². The molecule has 0 radical (unpaired) electrons. The number of benzene rings is 1. The van der Waals surface area contributed by atoms with Crippen LogP contribution in [0.1, 0.15) is 13.8 Å². The van der Waals surface area contributed by atoms with E-state index in [0.717, 1.165) is 0 Å². The number of anilines is 1. The van der Waals surface area contributed by atoms with Gasteiger partial charge in [-0.2, -0.15) is 0 Å². The molecule has 0 aliphatic carbocycles. The van der Waals surface area contributed by atoms with Gasteiger partial charge in [0.1, 0.15) is 0 Å². The molecule has 5 nitrogen and oxygen atoms in total. The molecule has 7 heteroatoms. The average molecular weight is 302 g/mol. The Kier molecular flexibility index (Phi) is 6.24. The van der Waals surface area contributed by atoms with Gasteiger partial charge in [-0.1, -0.05) is 31.5 Å². The van der Waals surface area contributed by atoms with E-state index in [-0.39, 0.29) is 23.2 Å². The molecule has 0 fully saturated rings. The molecule has 0 aliphatic heterocycles. The lowest BCUT2D eigenvalue weighted by Crippen LogP contribution is -2.43. The van der Waals surface area contributed by atoms with Crippen LogP contribution in [0.15, 0.2) is 18.2 Å². The third-order valence-corrected chi connectivity index (χ3v) is 2.61. The first-order valence-electron chi connectivity index (χ1n) is 6.15. The van der Waals surface area contributed by atoms with Gasteiger partial charge in [-0.25, -0.2) is 9.18 Å². The van der Waals surface area contributed by atoms with Crippen molar-refractivity contribution in [2.75, 3.05) is 18.4 Å². The fraction of sp³-hybridized carbons (Fsp3) is 0.385. The first-order valence-corrected chi connectivity index (χ1v) is 6.53. The number of hydrogen-bond acceptors (Lipinski definition) is 3. The molecule has 0 spiro atoms. The van der Waals surface area contributed by atoms with Crippen molar-refractivity contribution in [2.24, 2.45) is 5.92 Å². The smallest absolute Gasteiger partial charge is 0.321 e. The lowest BCUT2D eigenvalue weighted by atomic mass is 10.2. The van der Waals surface area contributed by atoms with Gasteiger partial charge < -0.3 is 10.6 Å². The van der Waals surface area contributed by atoms with E-state index in [2.05, 4.69) is 16.0 Å². The molecular weight excluding hydrogens is 285 g/mol. The van der Waals surface area contributed by atoms with Crippen molar-refractivity contribution in [3.63, 3.8) is 0 Å². The molecule has 20 heavy (non-hydrogen) atoms. The number of halogens is 2. The lowest BCUT2D eigenvalue weighted by Gasteiger charge is -2.10. The fourth-order valence-corrected chi connectivity index (χ4v) is 1.50. The summed E-state index contributed by atoms with van der Waals surface area (Å²) in [6, 6.07) is 3.84. The van der Waals surface area contributed by atoms with Crippen LogP contribution in [0.2, 0.25) is 5.02 Å². The molecule has 0 atom stereocenters. The van der Waals surface area contributed by atoms with E-state index >= 15 is 0 Å². The van der Waals surface area contributed by atoms with Crippen LogP contribution in [0.25, 0.3) is 0 Å². The number of urea groups is 1. The van der Waals surface area contributed by atoms with E-state index in [9.17, 15) is 14.0 Å². The highest BCUT2D eigenvalue weighted by Gasteiger charge is 2.10. The van der Waals surface area contributed by atoms with Gasteiger partial charge in [0, 0.05) is 6.54 Å². The third kappa shape index (κ3) is 5.44. The second-order valence-corrected chi connectivity index (χ2v) is 5.01. The molecule has 0 unspecified atom stereocenters. The molecular formula is C13H17ClFN3O2. The minimum absolute atomic E-state index is 0.0370. The van der Waals surface area contributed by atoms with Crippen molar-refractivity contribution < 1.29 is 14.0 Å². The van der Waals surface area contributed by atoms with Crippen molar-refractivity contribution in [2.45, 2.75) is 13.8 Å². The molecule has 0 bridgehead atoms. The summed E-state index contributed by atoms with van der Waals surface area (Å²) >= 11 is 5.60. The third-order valence-electron chi connectivity index (χ3n) is 2.31. The van der Waals surface area contributed by atoms with Crippen molar-refractivity contribution in [3.8, 4) is 0 Å². The summed E-state index contributed by atoms with van der Waals surface area (Å²) in [5, 5.41) is 7.21. The SMILES string of the molecule is CC(C)CNC(=O)NC(=O)CNc1cccc(Cl)c1F. The predicted octanol–water partition coefficient (Wildman–Crippen LogP) is 2.37. The van der Waals surface area contributed by atoms with Gasteiger partial charge in [-0.15, -0.1) is 0 Å². The number of rotatable bonds is 5. The van der Waals surface area contributed by atoms with Crippen LogP contribution in [-0.4, -0.2) is 25.0 Å². The van der Waals surface area contributed by atoms with Gasteiger partial charge in [-0.3, -0.25) is 10.1 Å². The molecule has 0 aliphatic rings. The van der Waals surface area contributed by atoms with Crippen LogP contribution in [0, 0.1) is 11.7 Å². The number of carbonyl (C=O) groups excluding carboxylic acids is 2. The van der Waals surface area contributed by atoms with E-state index in [1.807, 2.05) is 13.8 Å². The maximum absolute atomic E-state index is 13.5. The Bertz CT molecular complexity index is 495. The fourth-order valence-electron chi connectivity index (χ4n) is 1.33. The molecule has 0 aromatic heterocycles. The summed E-state index contributed by atoms with van der Waals surface area (Å²) in [6.45, 7) is 4.11. The minimum atomic E-state index is -0.633. The van der Waals surface area contributed by atoms with Gasteiger partial charge in [0.25, 0.3) is 0 Å². The van der Waals surface area contributed by atoms with Crippen LogP contribution in [-0.2, 0) is 4.79 Å². The molecule has 3 N–H and O–H groups in total. The molecule has 1 aromatic rings. The van der Waals surface area contributed by atoms with Gasteiger partial charge in [0.05, 0.1) is 17.3 Å². The second kappa shape index (κ2) is 7.69. The van der Waals surface area contributed by atoms with Crippen molar-refractivity contribution in [1.82, 2.24) is 10.6 Å². The molecule has 110 valence electrons. The number of amides is 3. The summed E-state index contributed by atoms with van der Waals surface area (Å²) in [7, 11) is 0. The Morgan fingerprint density at radius 2 is 2.05 bits per heavy atom. The van der Waals surface area contributed by atoms with E-state index < -0.39 is 17.8 Å². The van der Waals surface area contributed by atoms with Crippen molar-refractivity contribution in [1.29, 1.82) is 0 Å². The second-order valence-electron chi connectivity index (χ2n) is 4.61. The average Bonchev–Trinajstić information content (AvgIpc) is 2.38. The highest BCUT2D eigenvalue weighted by atomic mass is 35.5. The molecule has 0 saturated heterocycles. The zero-order valence-corrected chi connectivity index (χ0v) is 12.1. The van der Waals surface area contributed by atoms with Gasteiger partial charge >= 0.3 is 6.03 Å². The Morgan fingerprint density at radius 3 is 2.70 bits per heavy atom. The van der Waals surface area contributed by atoms with Crippen LogP contribution >= 0.6 is 11.6 Å². The Labute approximate surface area is 121 Å². The highest BCUT2D eigenvalue weighted by Crippen LogP contribution is 2.21. The van der Waals surface area contributed by atoms with E-state index in [0.29, 0.717) is 6.54 Å². The lowest BCUT2D eigenvalue weighted by molar-refractivity contribution is -0.118. The molecule has 0 heterocycles. The van der Waals surface area contributed by atoms with Crippen LogP contribution in [0.3, 0.4) is 0 Å². The summed E-state index contributed by atoms with van der Waals surface area (Å²) in [5.74, 6) is -0.911. The van der Waals surface area contributed by atoms with Crippen LogP contribution in [0.5, 0.6) is 0 Å². The van der Waals surface area contributed by atoms with Gasteiger partial charge in [-0.05, 0) is 18.1 Å². The van der Waals surface area contributed by atoms with E-state index in [4.69, 9.17) is 11.6 Å². The number of imide groups is 1. The largest absolute Gasteiger partial charge is 0.374 e. The normalized spacial score (nSPS) is 10.2. The Morgan fingerprint density at radius 1 is 1.35 bits per heavy atom. The monoisotopic (exact) mass is 301 g/mol.